The molecule has 0 spiro atoms. The first-order valence-electron chi connectivity index (χ1n) is 6.99. The number of nitrogens with zero attached hydrogens (tertiary/aromatic N) is 1. The van der Waals surface area contributed by atoms with E-state index in [1.165, 1.54) is 12.8 Å². The summed E-state index contributed by atoms with van der Waals surface area (Å²) in [6.45, 7) is 2.71. The quantitative estimate of drug-likeness (QED) is 0.901. The molecule has 2 aliphatic heterocycles. The van der Waals surface area contributed by atoms with E-state index in [1.54, 1.807) is 12.1 Å². The maximum atomic E-state index is 13.0. The van der Waals surface area contributed by atoms with E-state index in [4.69, 9.17) is 0 Å². The fourth-order valence-corrected chi connectivity index (χ4v) is 2.96. The van der Waals surface area contributed by atoms with Gasteiger partial charge in [0.05, 0.1) is 0 Å². The number of alkyl halides is 2. The van der Waals surface area contributed by atoms with Crippen LogP contribution in [0.25, 0.3) is 0 Å². The van der Waals surface area contributed by atoms with Crippen LogP contribution in [-0.2, 0) is 0 Å². The number of ether oxygens (including phenoxy) is 2. The zero-order valence-corrected chi connectivity index (χ0v) is 10.9. The Hall–Kier alpha value is -1.56. The van der Waals surface area contributed by atoms with Crippen LogP contribution in [0, 0.1) is 5.92 Å². The molecule has 4 nitrogen and oxygen atoms in total. The first kappa shape index (κ1) is 12.2. The summed E-state index contributed by atoms with van der Waals surface area (Å²) >= 11 is 0. The first-order valence-corrected chi connectivity index (χ1v) is 6.99. The Kier molecular flexibility index (Phi) is 2.57. The normalized spacial score (nSPS) is 27.7. The smallest absolute Gasteiger partial charge is 0.395 e. The van der Waals surface area contributed by atoms with E-state index in [0.717, 1.165) is 31.2 Å². The van der Waals surface area contributed by atoms with Gasteiger partial charge in [0.1, 0.15) is 0 Å². The van der Waals surface area contributed by atoms with E-state index < -0.39 is 6.29 Å². The Morgan fingerprint density at radius 1 is 1.20 bits per heavy atom. The Bertz CT molecular complexity index is 534. The van der Waals surface area contributed by atoms with Crippen LogP contribution >= 0.6 is 0 Å². The van der Waals surface area contributed by atoms with Gasteiger partial charge in [0.2, 0.25) is 0 Å². The Balaban J connectivity index is 1.54. The summed E-state index contributed by atoms with van der Waals surface area (Å²) < 4.78 is 35.0. The second kappa shape index (κ2) is 4.22. The zero-order valence-electron chi connectivity index (χ0n) is 10.9. The summed E-state index contributed by atoms with van der Waals surface area (Å²) in [4.78, 5) is 2.22. The third-order valence-electron chi connectivity index (χ3n) is 4.15. The van der Waals surface area contributed by atoms with Crippen molar-refractivity contribution in [3.05, 3.63) is 18.2 Å². The molecular formula is C14H16F2N2O2. The van der Waals surface area contributed by atoms with Crippen LogP contribution in [0.2, 0.25) is 0 Å². The monoisotopic (exact) mass is 282 g/mol. The van der Waals surface area contributed by atoms with Gasteiger partial charge in [0, 0.05) is 37.4 Å². The standard InChI is InChI=1S/C14H16F2N2O2/c15-14(16)19-12-4-3-10(7-13(12)20-14)18-6-5-17-11(8-18)9-1-2-9/h3-4,7,9,11,17H,1-2,5-6,8H2. The van der Waals surface area contributed by atoms with Crippen molar-refractivity contribution in [1.29, 1.82) is 0 Å². The molecule has 2 fully saturated rings. The van der Waals surface area contributed by atoms with Crippen LogP contribution in [0.3, 0.4) is 0 Å². The Labute approximate surface area is 115 Å². The topological polar surface area (TPSA) is 33.7 Å². The number of piperazine rings is 1. The molecule has 1 aromatic rings. The largest absolute Gasteiger partial charge is 0.586 e. The zero-order chi connectivity index (χ0) is 13.7. The molecule has 1 saturated heterocycles. The highest BCUT2D eigenvalue weighted by atomic mass is 19.3. The van der Waals surface area contributed by atoms with Crippen LogP contribution in [-0.4, -0.2) is 32.0 Å². The van der Waals surface area contributed by atoms with Crippen molar-refractivity contribution in [1.82, 2.24) is 5.32 Å². The highest BCUT2D eigenvalue weighted by molar-refractivity contribution is 5.57. The van der Waals surface area contributed by atoms with Gasteiger partial charge >= 0.3 is 6.29 Å². The molecule has 6 heteroatoms. The molecule has 0 aromatic heterocycles. The number of halogens is 2. The van der Waals surface area contributed by atoms with E-state index >= 15 is 0 Å². The summed E-state index contributed by atoms with van der Waals surface area (Å²) in [6, 6.07) is 5.53. The predicted octanol–water partition coefficient (Wildman–Crippen LogP) is 2.20. The fraction of sp³-hybridized carbons (Fsp3) is 0.571. The summed E-state index contributed by atoms with van der Waals surface area (Å²) in [5.74, 6) is 0.998. The molecule has 1 saturated carbocycles. The molecule has 20 heavy (non-hydrogen) atoms. The number of anilines is 1. The Morgan fingerprint density at radius 2 is 2.00 bits per heavy atom. The highest BCUT2D eigenvalue weighted by Gasteiger charge is 2.43. The van der Waals surface area contributed by atoms with Gasteiger partial charge in [-0.15, -0.1) is 8.78 Å². The lowest BCUT2D eigenvalue weighted by Gasteiger charge is -2.35. The molecule has 0 bridgehead atoms. The van der Waals surface area contributed by atoms with Crippen molar-refractivity contribution in [3.8, 4) is 11.5 Å². The molecular weight excluding hydrogens is 266 g/mol. The number of rotatable bonds is 2. The molecule has 1 aromatic carbocycles. The molecule has 3 aliphatic rings. The highest BCUT2D eigenvalue weighted by Crippen LogP contribution is 2.43. The maximum Gasteiger partial charge on any atom is 0.586 e. The van der Waals surface area contributed by atoms with E-state index in [9.17, 15) is 8.78 Å². The molecule has 1 unspecified atom stereocenters. The summed E-state index contributed by atoms with van der Waals surface area (Å²) in [5.41, 5.74) is 0.914. The molecule has 1 aliphatic carbocycles. The van der Waals surface area contributed by atoms with Crippen LogP contribution < -0.4 is 19.7 Å². The van der Waals surface area contributed by atoms with Gasteiger partial charge in [-0.25, -0.2) is 0 Å². The van der Waals surface area contributed by atoms with Gasteiger partial charge in [-0.1, -0.05) is 0 Å². The average Bonchev–Trinajstić information content (AvgIpc) is 3.20. The van der Waals surface area contributed by atoms with Crippen molar-refractivity contribution < 1.29 is 18.3 Å². The second-order valence-electron chi connectivity index (χ2n) is 5.64. The van der Waals surface area contributed by atoms with E-state index in [2.05, 4.69) is 19.7 Å². The van der Waals surface area contributed by atoms with Gasteiger partial charge in [-0.3, -0.25) is 0 Å². The van der Waals surface area contributed by atoms with Crippen LogP contribution in [0.4, 0.5) is 14.5 Å². The third-order valence-corrected chi connectivity index (χ3v) is 4.15. The van der Waals surface area contributed by atoms with E-state index in [-0.39, 0.29) is 11.5 Å². The van der Waals surface area contributed by atoms with Crippen molar-refractivity contribution >= 4 is 5.69 Å². The van der Waals surface area contributed by atoms with Gasteiger partial charge in [-0.05, 0) is 30.9 Å². The molecule has 0 amide bonds. The van der Waals surface area contributed by atoms with E-state index in [1.807, 2.05) is 6.07 Å². The van der Waals surface area contributed by atoms with E-state index in [0.29, 0.717) is 6.04 Å². The fourth-order valence-electron chi connectivity index (χ4n) is 2.96. The molecule has 1 atom stereocenters. The summed E-state index contributed by atoms with van der Waals surface area (Å²) in [6.07, 6.45) is -0.960. The molecule has 1 N–H and O–H groups in total. The summed E-state index contributed by atoms with van der Waals surface area (Å²) in [5, 5.41) is 3.53. The van der Waals surface area contributed by atoms with Gasteiger partial charge < -0.3 is 19.7 Å². The third kappa shape index (κ3) is 2.18. The lowest BCUT2D eigenvalue weighted by molar-refractivity contribution is -0.286. The van der Waals surface area contributed by atoms with Crippen molar-refractivity contribution in [2.24, 2.45) is 5.92 Å². The molecule has 2 heterocycles. The lowest BCUT2D eigenvalue weighted by atomic mass is 10.1. The average molecular weight is 282 g/mol. The minimum atomic E-state index is -3.54. The molecule has 0 radical (unpaired) electrons. The Morgan fingerprint density at radius 3 is 2.80 bits per heavy atom. The minimum absolute atomic E-state index is 0.104. The van der Waals surface area contributed by atoms with Gasteiger partial charge in [-0.2, -0.15) is 0 Å². The number of hydrogen-bond donors (Lipinski definition) is 1. The predicted molar refractivity (Wildman–Crippen MR) is 69.4 cm³/mol. The maximum absolute atomic E-state index is 13.0. The number of benzene rings is 1. The van der Waals surface area contributed by atoms with Gasteiger partial charge in [0.15, 0.2) is 11.5 Å². The van der Waals surface area contributed by atoms with Crippen molar-refractivity contribution in [2.75, 3.05) is 24.5 Å². The van der Waals surface area contributed by atoms with Crippen LogP contribution in [0.1, 0.15) is 12.8 Å². The van der Waals surface area contributed by atoms with Crippen LogP contribution in [0.5, 0.6) is 11.5 Å². The number of nitrogens with one attached hydrogen (secondary N) is 1. The minimum Gasteiger partial charge on any atom is -0.395 e. The molecule has 4 rings (SSSR count). The molecule has 108 valence electrons. The van der Waals surface area contributed by atoms with Crippen LogP contribution in [0.15, 0.2) is 18.2 Å². The van der Waals surface area contributed by atoms with Crippen molar-refractivity contribution in [3.63, 3.8) is 0 Å². The first-order chi connectivity index (χ1) is 9.61. The van der Waals surface area contributed by atoms with Gasteiger partial charge in [0.25, 0.3) is 0 Å². The number of hydrogen-bond acceptors (Lipinski definition) is 4. The lowest BCUT2D eigenvalue weighted by Crippen LogP contribution is -2.51. The number of fused-ring (bicyclic) bond motifs is 1. The second-order valence-corrected chi connectivity index (χ2v) is 5.64. The van der Waals surface area contributed by atoms with Crippen molar-refractivity contribution in [2.45, 2.75) is 25.2 Å². The SMILES string of the molecule is FC1(F)Oc2ccc(N3CCNC(C4CC4)C3)cc2O1. The summed E-state index contributed by atoms with van der Waals surface area (Å²) in [7, 11) is 0.